The first-order chi connectivity index (χ1) is 12.4. The van der Waals surface area contributed by atoms with Crippen molar-refractivity contribution in [1.29, 1.82) is 0 Å². The molecular formula is C23H29ClN2. The highest BCUT2D eigenvalue weighted by molar-refractivity contribution is 6.30. The Bertz CT molecular complexity index is 733. The number of nitrogens with zero attached hydrogens (tertiary/aromatic N) is 2. The molecule has 0 saturated carbocycles. The Labute approximate surface area is 162 Å². The fourth-order valence-corrected chi connectivity index (χ4v) is 3.56. The van der Waals surface area contributed by atoms with E-state index in [-0.39, 0.29) is 5.41 Å². The predicted molar refractivity (Wildman–Crippen MR) is 112 cm³/mol. The molecule has 138 valence electrons. The molecule has 1 aromatic carbocycles. The summed E-state index contributed by atoms with van der Waals surface area (Å²) < 4.78 is 0. The fourth-order valence-electron chi connectivity index (χ4n) is 3.45. The first kappa shape index (κ1) is 19.1. The molecule has 0 amide bonds. The molecule has 1 aromatic heterocycles. The van der Waals surface area contributed by atoms with Crippen molar-refractivity contribution in [2.75, 3.05) is 19.6 Å². The average molecular weight is 369 g/mol. The molecule has 0 radical (unpaired) electrons. The van der Waals surface area contributed by atoms with Crippen LogP contribution in [0.4, 0.5) is 0 Å². The van der Waals surface area contributed by atoms with Crippen LogP contribution >= 0.6 is 11.6 Å². The van der Waals surface area contributed by atoms with Gasteiger partial charge >= 0.3 is 0 Å². The topological polar surface area (TPSA) is 16.1 Å². The first-order valence-corrected chi connectivity index (χ1v) is 9.97. The molecule has 0 spiro atoms. The zero-order valence-electron chi connectivity index (χ0n) is 16.1. The summed E-state index contributed by atoms with van der Waals surface area (Å²) in [5.41, 5.74) is 4.91. The van der Waals surface area contributed by atoms with Crippen LogP contribution in [0.1, 0.15) is 56.9 Å². The summed E-state index contributed by atoms with van der Waals surface area (Å²) in [7, 11) is 0. The molecule has 0 N–H and O–H groups in total. The van der Waals surface area contributed by atoms with Gasteiger partial charge in [0, 0.05) is 18.3 Å². The minimum Gasteiger partial charge on any atom is -0.303 e. The lowest BCUT2D eigenvalue weighted by molar-refractivity contribution is 0.346. The van der Waals surface area contributed by atoms with Crippen molar-refractivity contribution in [3.8, 4) is 0 Å². The van der Waals surface area contributed by atoms with E-state index in [9.17, 15) is 0 Å². The van der Waals surface area contributed by atoms with E-state index in [4.69, 9.17) is 11.6 Å². The van der Waals surface area contributed by atoms with Crippen LogP contribution < -0.4 is 0 Å². The van der Waals surface area contributed by atoms with Gasteiger partial charge in [-0.25, -0.2) is 0 Å². The quantitative estimate of drug-likeness (QED) is 0.648. The Kier molecular flexibility index (Phi) is 6.16. The van der Waals surface area contributed by atoms with Crippen LogP contribution in [-0.2, 0) is 5.41 Å². The molecule has 0 unspecified atom stereocenters. The van der Waals surface area contributed by atoms with Gasteiger partial charge in [-0.05, 0) is 61.0 Å². The normalized spacial score (nSPS) is 16.2. The number of hydrogen-bond donors (Lipinski definition) is 0. The minimum atomic E-state index is 0.163. The fraction of sp³-hybridized carbons (Fsp3) is 0.435. The minimum absolute atomic E-state index is 0.163. The summed E-state index contributed by atoms with van der Waals surface area (Å²) >= 11 is 6.04. The maximum atomic E-state index is 6.04. The van der Waals surface area contributed by atoms with E-state index < -0.39 is 0 Å². The van der Waals surface area contributed by atoms with Gasteiger partial charge in [0.2, 0.25) is 0 Å². The van der Waals surface area contributed by atoms with Crippen molar-refractivity contribution in [2.45, 2.75) is 45.4 Å². The number of likely N-dealkylation sites (tertiary alicyclic amines) is 1. The molecule has 2 heterocycles. The zero-order valence-corrected chi connectivity index (χ0v) is 16.9. The average Bonchev–Trinajstić information content (AvgIpc) is 3.13. The molecular weight excluding hydrogens is 340 g/mol. The SMILES string of the molecule is CC(C)(C)c1ccc(/C(=C\CCN2CCCC2)c2ccc(Cl)cn2)cc1. The maximum Gasteiger partial charge on any atom is 0.0705 e. The molecule has 1 aliphatic rings. The van der Waals surface area contributed by atoms with E-state index in [1.165, 1.54) is 42.6 Å². The van der Waals surface area contributed by atoms with Crippen molar-refractivity contribution < 1.29 is 0 Å². The number of pyridine rings is 1. The van der Waals surface area contributed by atoms with Crippen molar-refractivity contribution in [2.24, 2.45) is 0 Å². The summed E-state index contributed by atoms with van der Waals surface area (Å²) in [6.07, 6.45) is 7.78. The second-order valence-electron chi connectivity index (χ2n) is 8.14. The third-order valence-corrected chi connectivity index (χ3v) is 5.28. The second kappa shape index (κ2) is 8.37. The van der Waals surface area contributed by atoms with Gasteiger partial charge in [0.1, 0.15) is 0 Å². The summed E-state index contributed by atoms with van der Waals surface area (Å²) in [4.78, 5) is 7.11. The number of halogens is 1. The number of hydrogen-bond acceptors (Lipinski definition) is 2. The van der Waals surface area contributed by atoms with Crippen molar-refractivity contribution in [1.82, 2.24) is 9.88 Å². The zero-order chi connectivity index (χ0) is 18.6. The molecule has 1 fully saturated rings. The van der Waals surface area contributed by atoms with E-state index in [0.29, 0.717) is 5.02 Å². The van der Waals surface area contributed by atoms with Gasteiger partial charge in [0.15, 0.2) is 0 Å². The molecule has 26 heavy (non-hydrogen) atoms. The van der Waals surface area contributed by atoms with E-state index in [1.54, 1.807) is 6.20 Å². The summed E-state index contributed by atoms with van der Waals surface area (Å²) in [5.74, 6) is 0. The Morgan fingerprint density at radius 1 is 1.08 bits per heavy atom. The second-order valence-corrected chi connectivity index (χ2v) is 8.58. The molecule has 2 aromatic rings. The Morgan fingerprint density at radius 2 is 1.77 bits per heavy atom. The molecule has 2 nitrogen and oxygen atoms in total. The van der Waals surface area contributed by atoms with E-state index in [1.807, 2.05) is 12.1 Å². The van der Waals surface area contributed by atoms with Crippen LogP contribution in [0.15, 0.2) is 48.7 Å². The van der Waals surface area contributed by atoms with Crippen molar-refractivity contribution >= 4 is 17.2 Å². The molecule has 0 bridgehead atoms. The van der Waals surface area contributed by atoms with Gasteiger partial charge in [-0.15, -0.1) is 0 Å². The molecule has 0 aliphatic carbocycles. The van der Waals surface area contributed by atoms with Crippen LogP contribution in [-0.4, -0.2) is 29.5 Å². The number of rotatable bonds is 5. The Balaban J connectivity index is 1.85. The summed E-state index contributed by atoms with van der Waals surface area (Å²) in [6, 6.07) is 12.8. The largest absolute Gasteiger partial charge is 0.303 e. The van der Waals surface area contributed by atoms with Gasteiger partial charge < -0.3 is 4.90 Å². The summed E-state index contributed by atoms with van der Waals surface area (Å²) in [6.45, 7) is 10.3. The van der Waals surface area contributed by atoms with Crippen molar-refractivity contribution in [3.63, 3.8) is 0 Å². The highest BCUT2D eigenvalue weighted by atomic mass is 35.5. The monoisotopic (exact) mass is 368 g/mol. The first-order valence-electron chi connectivity index (χ1n) is 9.59. The molecule has 3 rings (SSSR count). The third kappa shape index (κ3) is 4.96. The lowest BCUT2D eigenvalue weighted by atomic mass is 9.86. The molecule has 1 saturated heterocycles. The Hall–Kier alpha value is -1.64. The third-order valence-electron chi connectivity index (χ3n) is 5.06. The number of aromatic nitrogens is 1. The van der Waals surface area contributed by atoms with Gasteiger partial charge in [-0.3, -0.25) is 4.98 Å². The molecule has 0 atom stereocenters. The van der Waals surface area contributed by atoms with Crippen LogP contribution in [0.2, 0.25) is 5.02 Å². The van der Waals surface area contributed by atoms with Crippen molar-refractivity contribution in [3.05, 3.63) is 70.5 Å². The van der Waals surface area contributed by atoms with Crippen LogP contribution in [0, 0.1) is 0 Å². The van der Waals surface area contributed by atoms with Gasteiger partial charge in [0.25, 0.3) is 0 Å². The highest BCUT2D eigenvalue weighted by Gasteiger charge is 2.15. The lowest BCUT2D eigenvalue weighted by Crippen LogP contribution is -2.19. The van der Waals surface area contributed by atoms with Crippen LogP contribution in [0.25, 0.3) is 5.57 Å². The van der Waals surface area contributed by atoms with Crippen LogP contribution in [0.5, 0.6) is 0 Å². The number of benzene rings is 1. The van der Waals surface area contributed by atoms with Crippen LogP contribution in [0.3, 0.4) is 0 Å². The Morgan fingerprint density at radius 3 is 2.35 bits per heavy atom. The van der Waals surface area contributed by atoms with Gasteiger partial charge in [-0.1, -0.05) is 62.7 Å². The van der Waals surface area contributed by atoms with E-state index >= 15 is 0 Å². The molecule has 1 aliphatic heterocycles. The standard InChI is InChI=1S/C23H29ClN2/c1-23(2,3)19-10-8-18(9-11-19)21(22-13-12-20(24)17-25-22)7-6-16-26-14-4-5-15-26/h7-13,17H,4-6,14-16H2,1-3H3/b21-7+. The van der Waals surface area contributed by atoms with Gasteiger partial charge in [0.05, 0.1) is 10.7 Å². The lowest BCUT2D eigenvalue weighted by Gasteiger charge is -2.19. The smallest absolute Gasteiger partial charge is 0.0705 e. The van der Waals surface area contributed by atoms with E-state index in [2.05, 4.69) is 61.0 Å². The molecule has 3 heteroatoms. The highest BCUT2D eigenvalue weighted by Crippen LogP contribution is 2.27. The predicted octanol–water partition coefficient (Wildman–Crippen LogP) is 5.95. The summed E-state index contributed by atoms with van der Waals surface area (Å²) in [5, 5.41) is 0.674. The maximum absolute atomic E-state index is 6.04. The van der Waals surface area contributed by atoms with E-state index in [0.717, 1.165) is 18.7 Å². The van der Waals surface area contributed by atoms with Gasteiger partial charge in [-0.2, -0.15) is 0 Å².